The number of nitrogens with zero attached hydrogens (tertiary/aromatic N) is 1. The van der Waals surface area contributed by atoms with Crippen LogP contribution >= 0.6 is 11.8 Å². The molecule has 1 N–H and O–H groups in total. The molecule has 0 saturated heterocycles. The number of halogens is 2. The lowest BCUT2D eigenvalue weighted by molar-refractivity contribution is -0.119. The number of carbonyl (C=O) groups excluding carboxylic acids is 1. The van der Waals surface area contributed by atoms with Gasteiger partial charge in [0.05, 0.1) is 10.6 Å². The van der Waals surface area contributed by atoms with Crippen molar-refractivity contribution in [3.8, 4) is 0 Å². The van der Waals surface area contributed by atoms with Gasteiger partial charge in [0.2, 0.25) is 5.91 Å². The van der Waals surface area contributed by atoms with Crippen LogP contribution in [0.4, 0.5) is 14.5 Å². The molecule has 0 aliphatic carbocycles. The number of sulfonamides is 1. The summed E-state index contributed by atoms with van der Waals surface area (Å²) in [6.45, 7) is 1.59. The number of anilines is 1. The van der Waals surface area contributed by atoms with Crippen LogP contribution in [0.15, 0.2) is 77.7 Å². The third kappa shape index (κ3) is 6.80. The average molecular weight is 505 g/mol. The van der Waals surface area contributed by atoms with Crippen LogP contribution in [-0.4, -0.2) is 33.2 Å². The summed E-state index contributed by atoms with van der Waals surface area (Å²) < 4.78 is 55.4. The molecule has 0 spiro atoms. The van der Waals surface area contributed by atoms with Gasteiger partial charge in [-0.1, -0.05) is 48.0 Å². The molecule has 0 atom stereocenters. The molecule has 180 valence electrons. The van der Waals surface area contributed by atoms with Gasteiger partial charge in [-0.25, -0.2) is 17.2 Å². The molecule has 34 heavy (non-hydrogen) atoms. The van der Waals surface area contributed by atoms with E-state index in [1.54, 1.807) is 42.1 Å². The molecule has 0 bridgehead atoms. The number of carbonyl (C=O) groups is 1. The highest BCUT2D eigenvalue weighted by Crippen LogP contribution is 2.26. The summed E-state index contributed by atoms with van der Waals surface area (Å²) in [5.41, 5.74) is 1.30. The molecule has 3 aromatic rings. The van der Waals surface area contributed by atoms with Crippen molar-refractivity contribution in [3.05, 3.63) is 95.6 Å². The van der Waals surface area contributed by atoms with Gasteiger partial charge in [-0.2, -0.15) is 11.8 Å². The molecule has 9 heteroatoms. The summed E-state index contributed by atoms with van der Waals surface area (Å²) in [6.07, 6.45) is 0.620. The van der Waals surface area contributed by atoms with Crippen molar-refractivity contribution in [2.75, 3.05) is 23.1 Å². The van der Waals surface area contributed by atoms with Gasteiger partial charge in [0.25, 0.3) is 10.0 Å². The van der Waals surface area contributed by atoms with Crippen LogP contribution in [0.2, 0.25) is 0 Å². The number of aryl methyl sites for hydroxylation is 1. The van der Waals surface area contributed by atoms with Crippen molar-refractivity contribution < 1.29 is 22.0 Å². The molecular weight excluding hydrogens is 478 g/mol. The van der Waals surface area contributed by atoms with E-state index in [1.165, 1.54) is 36.4 Å². The highest BCUT2D eigenvalue weighted by Gasteiger charge is 2.29. The number of thioether (sulfide) groups is 1. The number of benzene rings is 3. The first-order valence-electron chi connectivity index (χ1n) is 10.7. The van der Waals surface area contributed by atoms with E-state index < -0.39 is 28.3 Å². The summed E-state index contributed by atoms with van der Waals surface area (Å²) in [7, 11) is -4.17. The van der Waals surface area contributed by atoms with Gasteiger partial charge in [0.1, 0.15) is 18.2 Å². The number of amides is 1. The van der Waals surface area contributed by atoms with Crippen molar-refractivity contribution in [1.29, 1.82) is 0 Å². The average Bonchev–Trinajstić information content (AvgIpc) is 2.81. The van der Waals surface area contributed by atoms with Gasteiger partial charge in [0, 0.05) is 12.3 Å². The van der Waals surface area contributed by atoms with E-state index in [9.17, 15) is 22.0 Å². The third-order valence-electron chi connectivity index (χ3n) is 5.02. The number of para-hydroxylation sites is 1. The number of nitrogens with one attached hydrogen (secondary N) is 1. The maximum Gasteiger partial charge on any atom is 0.264 e. The van der Waals surface area contributed by atoms with E-state index in [4.69, 9.17) is 0 Å². The Bertz CT molecular complexity index is 1220. The smallest absolute Gasteiger partial charge is 0.264 e. The molecule has 0 unspecified atom stereocenters. The Balaban J connectivity index is 1.60. The van der Waals surface area contributed by atoms with E-state index in [-0.39, 0.29) is 16.4 Å². The first kappa shape index (κ1) is 25.7. The Kier molecular flexibility index (Phi) is 9.06. The molecule has 0 radical (unpaired) electrons. The maximum absolute atomic E-state index is 14.5. The molecule has 0 heterocycles. The molecule has 0 aliphatic rings. The number of rotatable bonds is 11. The first-order chi connectivity index (χ1) is 16.3. The van der Waals surface area contributed by atoms with E-state index in [1.807, 2.05) is 6.92 Å². The van der Waals surface area contributed by atoms with Crippen LogP contribution in [0.25, 0.3) is 0 Å². The Labute approximate surface area is 203 Å². The summed E-state index contributed by atoms with van der Waals surface area (Å²) in [4.78, 5) is 12.5. The van der Waals surface area contributed by atoms with Crippen LogP contribution in [0, 0.1) is 18.6 Å². The van der Waals surface area contributed by atoms with Gasteiger partial charge >= 0.3 is 0 Å². The second kappa shape index (κ2) is 12.0. The lowest BCUT2D eigenvalue weighted by Gasteiger charge is -2.24. The van der Waals surface area contributed by atoms with Gasteiger partial charge in [-0.3, -0.25) is 9.10 Å². The Morgan fingerprint density at radius 1 is 0.941 bits per heavy atom. The highest BCUT2D eigenvalue weighted by molar-refractivity contribution is 7.98. The van der Waals surface area contributed by atoms with E-state index >= 15 is 0 Å². The fraction of sp³-hybridized carbons (Fsp3) is 0.240. The SMILES string of the molecule is Cc1ccc(S(=O)(=O)N(CC(=O)NCCCSCc2ccccc2F)c2ccccc2F)cc1. The summed E-state index contributed by atoms with van der Waals surface area (Å²) in [5.74, 6) is -0.316. The summed E-state index contributed by atoms with van der Waals surface area (Å²) in [5, 5.41) is 2.69. The lowest BCUT2D eigenvalue weighted by Crippen LogP contribution is -2.41. The minimum atomic E-state index is -4.17. The van der Waals surface area contributed by atoms with E-state index in [0.29, 0.717) is 30.0 Å². The van der Waals surface area contributed by atoms with Gasteiger partial charge in [0.15, 0.2) is 0 Å². The molecule has 5 nitrogen and oxygen atoms in total. The molecule has 0 aromatic heterocycles. The van der Waals surface area contributed by atoms with Gasteiger partial charge in [-0.15, -0.1) is 0 Å². The molecule has 0 saturated carbocycles. The topological polar surface area (TPSA) is 66.5 Å². The minimum Gasteiger partial charge on any atom is -0.354 e. The van der Waals surface area contributed by atoms with Gasteiger partial charge in [-0.05, 0) is 55.0 Å². The molecule has 1 amide bonds. The van der Waals surface area contributed by atoms with Crippen LogP contribution in [0.3, 0.4) is 0 Å². The lowest BCUT2D eigenvalue weighted by atomic mass is 10.2. The predicted octanol–water partition coefficient (Wildman–Crippen LogP) is 4.91. The zero-order valence-electron chi connectivity index (χ0n) is 18.7. The highest BCUT2D eigenvalue weighted by atomic mass is 32.2. The molecule has 3 rings (SSSR count). The zero-order valence-corrected chi connectivity index (χ0v) is 20.3. The van der Waals surface area contributed by atoms with Crippen molar-refractivity contribution >= 4 is 33.4 Å². The number of hydrogen-bond donors (Lipinski definition) is 1. The number of hydrogen-bond acceptors (Lipinski definition) is 4. The molecule has 0 aliphatic heterocycles. The van der Waals surface area contributed by atoms with Crippen LogP contribution in [0.1, 0.15) is 17.5 Å². The quantitative estimate of drug-likeness (QED) is 0.377. The Hall–Kier alpha value is -2.91. The molecular formula is C25H26F2N2O3S2. The largest absolute Gasteiger partial charge is 0.354 e. The Morgan fingerprint density at radius 3 is 2.26 bits per heavy atom. The van der Waals surface area contributed by atoms with Crippen molar-refractivity contribution in [3.63, 3.8) is 0 Å². The third-order valence-corrected chi connectivity index (χ3v) is 7.89. The predicted molar refractivity (Wildman–Crippen MR) is 132 cm³/mol. The maximum atomic E-state index is 14.5. The molecule has 0 fully saturated rings. The van der Waals surface area contributed by atoms with Crippen molar-refractivity contribution in [2.45, 2.75) is 24.0 Å². The van der Waals surface area contributed by atoms with Crippen molar-refractivity contribution in [1.82, 2.24) is 5.32 Å². The summed E-state index contributed by atoms with van der Waals surface area (Å²) >= 11 is 1.54. The second-order valence-electron chi connectivity index (χ2n) is 7.62. The van der Waals surface area contributed by atoms with Crippen LogP contribution in [-0.2, 0) is 20.6 Å². The molecule has 3 aromatic carbocycles. The Morgan fingerprint density at radius 2 is 1.59 bits per heavy atom. The minimum absolute atomic E-state index is 0.0290. The van der Waals surface area contributed by atoms with Crippen LogP contribution < -0.4 is 9.62 Å². The fourth-order valence-electron chi connectivity index (χ4n) is 3.18. The monoisotopic (exact) mass is 504 g/mol. The zero-order chi connectivity index (χ0) is 24.6. The standard InChI is InChI=1S/C25H26F2N2O3S2/c1-19-11-13-21(14-12-19)34(31,32)29(24-10-5-4-9-23(24)27)17-25(30)28-15-6-16-33-18-20-7-2-3-8-22(20)26/h2-5,7-14H,6,15-18H2,1H3,(H,28,30). The van der Waals surface area contributed by atoms with E-state index in [0.717, 1.165) is 15.9 Å². The van der Waals surface area contributed by atoms with E-state index in [2.05, 4.69) is 5.32 Å². The fourth-order valence-corrected chi connectivity index (χ4v) is 5.55. The first-order valence-corrected chi connectivity index (χ1v) is 13.3. The van der Waals surface area contributed by atoms with Crippen LogP contribution in [0.5, 0.6) is 0 Å². The normalized spacial score (nSPS) is 11.3. The second-order valence-corrected chi connectivity index (χ2v) is 10.6. The van der Waals surface area contributed by atoms with Gasteiger partial charge < -0.3 is 5.32 Å². The summed E-state index contributed by atoms with van der Waals surface area (Å²) in [6, 6.07) is 18.2. The van der Waals surface area contributed by atoms with Crippen molar-refractivity contribution in [2.24, 2.45) is 0 Å².